The van der Waals surface area contributed by atoms with Gasteiger partial charge in [0.05, 0.1) is 0 Å². The highest BCUT2D eigenvalue weighted by Gasteiger charge is 2.28. The number of benzene rings is 2. The fourth-order valence-corrected chi connectivity index (χ4v) is 4.83. The quantitative estimate of drug-likeness (QED) is 0.633. The maximum Gasteiger partial charge on any atom is 0.253 e. The van der Waals surface area contributed by atoms with E-state index in [0.29, 0.717) is 37.3 Å². The molecule has 0 saturated carbocycles. The minimum atomic E-state index is -0.100. The van der Waals surface area contributed by atoms with Crippen LogP contribution in [0.1, 0.15) is 39.9 Å². The number of likely N-dealkylation sites (tertiary alicyclic amines) is 1. The maximum absolute atomic E-state index is 13.1. The molecule has 0 spiro atoms. The van der Waals surface area contributed by atoms with Crippen molar-refractivity contribution in [2.24, 2.45) is 5.92 Å². The van der Waals surface area contributed by atoms with Crippen LogP contribution in [0.4, 0.5) is 11.5 Å². The molecule has 0 atom stereocenters. The smallest absolute Gasteiger partial charge is 0.253 e. The number of rotatable bonds is 4. The Hall–Kier alpha value is -3.67. The van der Waals surface area contributed by atoms with Crippen molar-refractivity contribution in [3.8, 4) is 0 Å². The number of nitrogens with zero attached hydrogens (tertiary/aromatic N) is 3. The lowest BCUT2D eigenvalue weighted by Gasteiger charge is -2.32. The lowest BCUT2D eigenvalue weighted by Crippen LogP contribution is -2.41. The molecule has 2 aliphatic heterocycles. The number of nitrogens with one attached hydrogen (secondary N) is 1. The average Bonchev–Trinajstić information content (AvgIpc) is 2.89. The van der Waals surface area contributed by atoms with Gasteiger partial charge in [-0.1, -0.05) is 30.3 Å². The molecule has 5 rings (SSSR count). The van der Waals surface area contributed by atoms with E-state index in [-0.39, 0.29) is 17.7 Å². The van der Waals surface area contributed by atoms with E-state index < -0.39 is 0 Å². The van der Waals surface area contributed by atoms with E-state index in [1.807, 2.05) is 36.1 Å². The van der Waals surface area contributed by atoms with Crippen molar-refractivity contribution in [1.82, 2.24) is 9.88 Å². The molecule has 6 heteroatoms. The number of aryl methyl sites for hydroxylation is 1. The second-order valence-corrected chi connectivity index (χ2v) is 9.26. The Kier molecular flexibility index (Phi) is 6.30. The van der Waals surface area contributed by atoms with Gasteiger partial charge >= 0.3 is 0 Å². The topological polar surface area (TPSA) is 65.5 Å². The molecule has 1 N–H and O–H groups in total. The molecular weight excluding hydrogens is 424 g/mol. The highest BCUT2D eigenvalue weighted by Crippen LogP contribution is 2.26. The van der Waals surface area contributed by atoms with Gasteiger partial charge in [-0.25, -0.2) is 4.98 Å². The molecule has 0 radical (unpaired) electrons. The standard InChI is InChI=1S/C28H30N4O2/c1-20-6-11-26(29-18-20)30-27(33)22-13-15-31(16-14-22)28(34)23-7-9-25(10-8-23)32-17-12-21-4-2-3-5-24(21)19-32/h2-11,18,22H,12-17,19H2,1H3,(H,29,30,33). The first-order valence-corrected chi connectivity index (χ1v) is 12.0. The van der Waals surface area contributed by atoms with E-state index in [4.69, 9.17) is 0 Å². The predicted octanol–water partition coefficient (Wildman–Crippen LogP) is 4.44. The van der Waals surface area contributed by atoms with Crippen LogP contribution in [0.15, 0.2) is 66.9 Å². The van der Waals surface area contributed by atoms with Crippen molar-refractivity contribution in [3.63, 3.8) is 0 Å². The molecule has 2 aliphatic rings. The van der Waals surface area contributed by atoms with Gasteiger partial charge < -0.3 is 15.1 Å². The third-order valence-electron chi connectivity index (χ3n) is 6.93. The molecule has 1 fully saturated rings. The van der Waals surface area contributed by atoms with Gasteiger partial charge in [0.15, 0.2) is 0 Å². The van der Waals surface area contributed by atoms with Crippen LogP contribution in [0, 0.1) is 12.8 Å². The molecule has 6 nitrogen and oxygen atoms in total. The Morgan fingerprint density at radius 2 is 1.65 bits per heavy atom. The number of carbonyl (C=O) groups excluding carboxylic acids is 2. The largest absolute Gasteiger partial charge is 0.367 e. The fraction of sp³-hybridized carbons (Fsp3) is 0.321. The van der Waals surface area contributed by atoms with Crippen LogP contribution < -0.4 is 10.2 Å². The van der Waals surface area contributed by atoms with Crippen LogP contribution in [0.5, 0.6) is 0 Å². The number of hydrogen-bond donors (Lipinski definition) is 1. The number of aromatic nitrogens is 1. The van der Waals surface area contributed by atoms with Crippen molar-refractivity contribution in [1.29, 1.82) is 0 Å². The van der Waals surface area contributed by atoms with Crippen molar-refractivity contribution >= 4 is 23.3 Å². The van der Waals surface area contributed by atoms with Gasteiger partial charge in [0.1, 0.15) is 5.82 Å². The average molecular weight is 455 g/mol. The van der Waals surface area contributed by atoms with Crippen molar-refractivity contribution in [3.05, 3.63) is 89.1 Å². The Morgan fingerprint density at radius 1 is 0.912 bits per heavy atom. The Balaban J connectivity index is 1.15. The molecule has 2 amide bonds. The van der Waals surface area contributed by atoms with Crippen LogP contribution in [0.2, 0.25) is 0 Å². The number of pyridine rings is 1. The van der Waals surface area contributed by atoms with Crippen molar-refractivity contribution in [2.45, 2.75) is 32.7 Å². The maximum atomic E-state index is 13.1. The van der Waals surface area contributed by atoms with E-state index in [9.17, 15) is 9.59 Å². The lowest BCUT2D eigenvalue weighted by molar-refractivity contribution is -0.121. The minimum absolute atomic E-state index is 0.0177. The summed E-state index contributed by atoms with van der Waals surface area (Å²) >= 11 is 0. The van der Waals surface area contributed by atoms with Gasteiger partial charge in [-0.2, -0.15) is 0 Å². The molecule has 34 heavy (non-hydrogen) atoms. The second-order valence-electron chi connectivity index (χ2n) is 9.26. The van der Waals surface area contributed by atoms with Gasteiger partial charge in [-0.05, 0) is 73.2 Å². The number of piperidine rings is 1. The summed E-state index contributed by atoms with van der Waals surface area (Å²) in [7, 11) is 0. The Labute approximate surface area is 200 Å². The van der Waals surface area contributed by atoms with Gasteiger partial charge in [0.25, 0.3) is 5.91 Å². The van der Waals surface area contributed by atoms with E-state index in [2.05, 4.69) is 51.6 Å². The molecule has 1 aromatic heterocycles. The van der Waals surface area contributed by atoms with Gasteiger partial charge in [0.2, 0.25) is 5.91 Å². The molecular formula is C28H30N4O2. The summed E-state index contributed by atoms with van der Waals surface area (Å²) in [6.45, 7) is 5.02. The molecule has 174 valence electrons. The van der Waals surface area contributed by atoms with Crippen LogP contribution in [-0.4, -0.2) is 41.3 Å². The van der Waals surface area contributed by atoms with Crippen molar-refractivity contribution < 1.29 is 9.59 Å². The summed E-state index contributed by atoms with van der Waals surface area (Å²) in [4.78, 5) is 34.1. The monoisotopic (exact) mass is 454 g/mol. The zero-order valence-electron chi connectivity index (χ0n) is 19.5. The molecule has 2 aromatic carbocycles. The first-order valence-electron chi connectivity index (χ1n) is 12.0. The number of carbonyl (C=O) groups is 2. The second kappa shape index (κ2) is 9.67. The predicted molar refractivity (Wildman–Crippen MR) is 134 cm³/mol. The number of anilines is 2. The highest BCUT2D eigenvalue weighted by atomic mass is 16.2. The number of hydrogen-bond acceptors (Lipinski definition) is 4. The Morgan fingerprint density at radius 3 is 2.35 bits per heavy atom. The van der Waals surface area contributed by atoms with Crippen molar-refractivity contribution in [2.75, 3.05) is 29.9 Å². The van der Waals surface area contributed by atoms with E-state index >= 15 is 0 Å². The zero-order chi connectivity index (χ0) is 23.5. The minimum Gasteiger partial charge on any atom is -0.367 e. The van der Waals surface area contributed by atoms with Gasteiger partial charge in [-0.15, -0.1) is 0 Å². The number of amides is 2. The highest BCUT2D eigenvalue weighted by molar-refractivity contribution is 5.95. The molecule has 1 saturated heterocycles. The summed E-state index contributed by atoms with van der Waals surface area (Å²) in [6, 6.07) is 20.3. The first-order chi connectivity index (χ1) is 16.6. The normalized spacial score (nSPS) is 16.1. The molecule has 0 unspecified atom stereocenters. The zero-order valence-corrected chi connectivity index (χ0v) is 19.5. The van der Waals surface area contributed by atoms with Crippen LogP contribution in [-0.2, 0) is 17.8 Å². The summed E-state index contributed by atoms with van der Waals surface area (Å²) in [5.74, 6) is 0.494. The summed E-state index contributed by atoms with van der Waals surface area (Å²) in [5.41, 5.74) is 5.70. The molecule has 0 bridgehead atoms. The summed E-state index contributed by atoms with van der Waals surface area (Å²) in [6.07, 6.45) is 4.11. The lowest BCUT2D eigenvalue weighted by atomic mass is 9.95. The fourth-order valence-electron chi connectivity index (χ4n) is 4.83. The number of fused-ring (bicyclic) bond motifs is 1. The molecule has 0 aliphatic carbocycles. The third-order valence-corrected chi connectivity index (χ3v) is 6.93. The van der Waals surface area contributed by atoms with Crippen LogP contribution in [0.3, 0.4) is 0 Å². The van der Waals surface area contributed by atoms with Crippen LogP contribution in [0.25, 0.3) is 0 Å². The molecule has 3 heterocycles. The van der Waals surface area contributed by atoms with E-state index in [1.165, 1.54) is 11.1 Å². The van der Waals surface area contributed by atoms with Gasteiger partial charge in [-0.3, -0.25) is 9.59 Å². The first kappa shape index (κ1) is 22.1. The Bertz CT molecular complexity index is 1170. The molecule has 3 aromatic rings. The summed E-state index contributed by atoms with van der Waals surface area (Å²) < 4.78 is 0. The van der Waals surface area contributed by atoms with E-state index in [1.54, 1.807) is 6.20 Å². The van der Waals surface area contributed by atoms with Gasteiger partial charge in [0, 0.05) is 49.5 Å². The van der Waals surface area contributed by atoms with Crippen LogP contribution >= 0.6 is 0 Å². The van der Waals surface area contributed by atoms with E-state index in [0.717, 1.165) is 30.8 Å². The summed E-state index contributed by atoms with van der Waals surface area (Å²) in [5, 5.41) is 2.90. The third kappa shape index (κ3) is 4.81. The SMILES string of the molecule is Cc1ccc(NC(=O)C2CCN(C(=O)c3ccc(N4CCc5ccccc5C4)cc3)CC2)nc1.